The van der Waals surface area contributed by atoms with Crippen LogP contribution in [-0.4, -0.2) is 27.2 Å². The zero-order valence-corrected chi connectivity index (χ0v) is 17.3. The second-order valence-electron chi connectivity index (χ2n) is 8.53. The van der Waals surface area contributed by atoms with Crippen molar-refractivity contribution in [1.82, 2.24) is 9.97 Å². The lowest BCUT2D eigenvalue weighted by Crippen LogP contribution is -2.41. The lowest BCUT2D eigenvalue weighted by Gasteiger charge is -2.40. The van der Waals surface area contributed by atoms with Crippen molar-refractivity contribution < 1.29 is 23.0 Å². The third kappa shape index (κ3) is 5.41. The highest BCUT2D eigenvalue weighted by atomic mass is 19.4. The van der Waals surface area contributed by atoms with Gasteiger partial charge in [-0.2, -0.15) is 23.2 Å². The summed E-state index contributed by atoms with van der Waals surface area (Å²) in [6, 6.07) is 2.78. The number of hydrogen-bond donors (Lipinski definition) is 2. The predicted molar refractivity (Wildman–Crippen MR) is 106 cm³/mol. The lowest BCUT2D eigenvalue weighted by atomic mass is 9.73. The molecule has 1 saturated carbocycles. The average molecular weight is 435 g/mol. The van der Waals surface area contributed by atoms with Gasteiger partial charge < -0.3 is 15.6 Å². The Morgan fingerprint density at radius 3 is 2.74 bits per heavy atom. The quantitative estimate of drug-likeness (QED) is 0.552. The van der Waals surface area contributed by atoms with Crippen LogP contribution in [-0.2, 0) is 19.0 Å². The topological polar surface area (TPSA) is 109 Å². The number of aryl methyl sites for hydroxylation is 2. The van der Waals surface area contributed by atoms with Crippen molar-refractivity contribution in [2.45, 2.75) is 64.3 Å². The van der Waals surface area contributed by atoms with Gasteiger partial charge in [-0.25, -0.2) is 9.97 Å². The summed E-state index contributed by atoms with van der Waals surface area (Å²) in [6.45, 7) is 3.95. The molecule has 0 spiro atoms. The number of pyridine rings is 1. The van der Waals surface area contributed by atoms with Crippen LogP contribution in [0.25, 0.3) is 0 Å². The molecular weight excluding hydrogens is 411 g/mol. The van der Waals surface area contributed by atoms with Crippen molar-refractivity contribution in [2.75, 3.05) is 5.32 Å². The molecule has 1 aliphatic carbocycles. The monoisotopic (exact) mass is 435 g/mol. The zero-order chi connectivity index (χ0) is 22.8. The van der Waals surface area contributed by atoms with Crippen molar-refractivity contribution in [3.05, 3.63) is 52.4 Å². The van der Waals surface area contributed by atoms with E-state index in [2.05, 4.69) is 15.3 Å². The van der Waals surface area contributed by atoms with Crippen LogP contribution in [0.1, 0.15) is 55.6 Å². The van der Waals surface area contributed by atoms with Gasteiger partial charge in [0.25, 0.3) is 0 Å². The average Bonchev–Trinajstić information content (AvgIpc) is 2.68. The number of aromatic nitrogens is 3. The van der Waals surface area contributed by atoms with Gasteiger partial charge in [-0.1, -0.05) is 13.8 Å². The minimum absolute atomic E-state index is 0.00127. The highest BCUT2D eigenvalue weighted by molar-refractivity contribution is 5.51. The van der Waals surface area contributed by atoms with Crippen LogP contribution in [0.4, 0.5) is 19.0 Å². The first-order valence-corrected chi connectivity index (χ1v) is 9.99. The van der Waals surface area contributed by atoms with Crippen LogP contribution in [0.5, 0.6) is 0 Å². The van der Waals surface area contributed by atoms with Crippen LogP contribution in [0, 0.1) is 22.0 Å². The number of nitrogens with one attached hydrogen (secondary N) is 1. The van der Waals surface area contributed by atoms with Gasteiger partial charge in [0.1, 0.15) is 23.3 Å². The third-order valence-corrected chi connectivity index (χ3v) is 5.70. The number of nitriles is 1. The Labute approximate surface area is 178 Å². The van der Waals surface area contributed by atoms with E-state index in [0.717, 1.165) is 18.5 Å². The summed E-state index contributed by atoms with van der Waals surface area (Å²) >= 11 is 0. The van der Waals surface area contributed by atoms with E-state index >= 15 is 0 Å². The van der Waals surface area contributed by atoms with Crippen LogP contribution in [0.15, 0.2) is 24.7 Å². The Morgan fingerprint density at radius 2 is 2.10 bits per heavy atom. The van der Waals surface area contributed by atoms with Gasteiger partial charge in [-0.05, 0) is 31.1 Å². The maximum absolute atomic E-state index is 13.2. The number of hydrogen-bond acceptors (Lipinski definition) is 6. The summed E-state index contributed by atoms with van der Waals surface area (Å²) in [5.41, 5.74) is -1.06. The molecule has 0 bridgehead atoms. The number of nitrogens with zero attached hydrogens (tertiary/aromatic N) is 4. The number of anilines is 1. The number of alkyl halides is 3. The number of aliphatic hydroxyl groups is 1. The zero-order valence-electron chi connectivity index (χ0n) is 17.3. The van der Waals surface area contributed by atoms with Crippen LogP contribution >= 0.6 is 0 Å². The van der Waals surface area contributed by atoms with Gasteiger partial charge in [-0.3, -0.25) is 0 Å². The van der Waals surface area contributed by atoms with Crippen molar-refractivity contribution in [3.8, 4) is 6.07 Å². The van der Waals surface area contributed by atoms with E-state index in [4.69, 9.17) is 0 Å². The van der Waals surface area contributed by atoms with E-state index in [1.165, 1.54) is 6.20 Å². The lowest BCUT2D eigenvalue weighted by molar-refractivity contribution is -0.606. The summed E-state index contributed by atoms with van der Waals surface area (Å²) in [5, 5.41) is 34.2. The third-order valence-electron chi connectivity index (χ3n) is 5.70. The molecule has 7 nitrogen and oxygen atoms in total. The van der Waals surface area contributed by atoms with Crippen molar-refractivity contribution in [2.24, 2.45) is 5.41 Å². The molecule has 0 unspecified atom stereocenters. The van der Waals surface area contributed by atoms with Gasteiger partial charge in [0.05, 0.1) is 17.9 Å². The molecule has 31 heavy (non-hydrogen) atoms. The molecule has 1 aliphatic rings. The van der Waals surface area contributed by atoms with Gasteiger partial charge in [-0.15, -0.1) is 0 Å². The first-order chi connectivity index (χ1) is 14.5. The summed E-state index contributed by atoms with van der Waals surface area (Å²) < 4.78 is 40.0. The van der Waals surface area contributed by atoms with E-state index in [1.54, 1.807) is 0 Å². The molecule has 0 aromatic carbocycles. The number of aliphatic hydroxyl groups excluding tert-OH is 1. The predicted octanol–water partition coefficient (Wildman–Crippen LogP) is 3.14. The Balaban J connectivity index is 1.78. The fourth-order valence-electron chi connectivity index (χ4n) is 3.91. The molecule has 2 heterocycles. The van der Waals surface area contributed by atoms with E-state index < -0.39 is 17.8 Å². The molecule has 2 atom stereocenters. The van der Waals surface area contributed by atoms with E-state index in [9.17, 15) is 28.7 Å². The van der Waals surface area contributed by atoms with Gasteiger partial charge in [0.15, 0.2) is 12.4 Å². The molecular formula is C21H24F3N5O2. The van der Waals surface area contributed by atoms with E-state index in [-0.39, 0.29) is 41.2 Å². The van der Waals surface area contributed by atoms with Crippen molar-refractivity contribution in [1.29, 1.82) is 5.26 Å². The standard InChI is InChI=1S/C21H24F3N5O2/c1-20(2)9-15(4-5-17(20)30)27-19-14(10-25)11-26-18(28-19)6-3-13-12-29(31)8-7-16(13)21(22,23)24/h7-8,11-12,15,17,30H,3-6,9H2,1-2H3,(H,26,27,28)/t15-,17+/m1/s1. The molecule has 2 aromatic rings. The van der Waals surface area contributed by atoms with Gasteiger partial charge >= 0.3 is 6.18 Å². The summed E-state index contributed by atoms with van der Waals surface area (Å²) in [7, 11) is 0. The van der Waals surface area contributed by atoms with Crippen molar-refractivity contribution in [3.63, 3.8) is 0 Å². The minimum Gasteiger partial charge on any atom is -0.619 e. The first-order valence-electron chi connectivity index (χ1n) is 9.99. The fraction of sp³-hybridized carbons (Fsp3) is 0.524. The summed E-state index contributed by atoms with van der Waals surface area (Å²) in [6.07, 6.45) is 0.0903. The first kappa shape index (κ1) is 22.7. The number of rotatable bonds is 5. The summed E-state index contributed by atoms with van der Waals surface area (Å²) in [5.74, 6) is 0.596. The van der Waals surface area contributed by atoms with Crippen LogP contribution < -0.4 is 10.0 Å². The minimum atomic E-state index is -4.57. The molecule has 2 aromatic heterocycles. The molecule has 166 valence electrons. The maximum atomic E-state index is 13.2. The Bertz CT molecular complexity index is 988. The molecule has 0 saturated heterocycles. The van der Waals surface area contributed by atoms with Gasteiger partial charge in [0, 0.05) is 24.1 Å². The molecule has 0 aliphatic heterocycles. The Morgan fingerprint density at radius 1 is 1.35 bits per heavy atom. The van der Waals surface area contributed by atoms with Gasteiger partial charge in [0.2, 0.25) is 0 Å². The van der Waals surface area contributed by atoms with E-state index in [0.29, 0.717) is 29.8 Å². The van der Waals surface area contributed by atoms with Crippen molar-refractivity contribution >= 4 is 5.82 Å². The highest BCUT2D eigenvalue weighted by Crippen LogP contribution is 2.37. The van der Waals surface area contributed by atoms with Crippen LogP contribution in [0.3, 0.4) is 0 Å². The molecule has 10 heteroatoms. The SMILES string of the molecule is CC1(C)C[C@H](Nc2nc(CCc3c[n+]([O-])ccc3C(F)(F)F)ncc2C#N)CC[C@@H]1O. The fourth-order valence-corrected chi connectivity index (χ4v) is 3.91. The molecule has 3 rings (SSSR count). The maximum Gasteiger partial charge on any atom is 0.417 e. The highest BCUT2D eigenvalue weighted by Gasteiger charge is 2.36. The molecule has 0 amide bonds. The Kier molecular flexibility index (Phi) is 6.36. The number of halogens is 3. The van der Waals surface area contributed by atoms with Crippen LogP contribution in [0.2, 0.25) is 0 Å². The molecule has 1 fully saturated rings. The molecule has 2 N–H and O–H groups in total. The largest absolute Gasteiger partial charge is 0.619 e. The summed E-state index contributed by atoms with van der Waals surface area (Å²) in [4.78, 5) is 8.45. The second kappa shape index (κ2) is 8.67. The second-order valence-corrected chi connectivity index (χ2v) is 8.53. The smallest absolute Gasteiger partial charge is 0.417 e. The molecule has 0 radical (unpaired) electrons. The normalized spacial score (nSPS) is 20.8. The Hall–Kier alpha value is -2.93. The van der Waals surface area contributed by atoms with E-state index in [1.807, 2.05) is 19.9 Å².